The van der Waals surface area contributed by atoms with Crippen molar-refractivity contribution >= 4 is 22.6 Å². The number of hydrogen-bond acceptors (Lipinski definition) is 5. The van der Waals surface area contributed by atoms with Crippen molar-refractivity contribution in [3.8, 4) is 0 Å². The van der Waals surface area contributed by atoms with Crippen LogP contribution in [0.2, 0.25) is 0 Å². The monoisotopic (exact) mass is 446 g/mol. The van der Waals surface area contributed by atoms with Crippen molar-refractivity contribution in [3.05, 3.63) is 71.9 Å². The molecule has 0 spiro atoms. The maximum Gasteiger partial charge on any atom is 0.236 e. The van der Waals surface area contributed by atoms with Gasteiger partial charge in [0.05, 0.1) is 25.8 Å². The van der Waals surface area contributed by atoms with Crippen LogP contribution in [0.5, 0.6) is 0 Å². The van der Waals surface area contributed by atoms with Crippen molar-refractivity contribution in [2.75, 3.05) is 59.0 Å². The van der Waals surface area contributed by atoms with Gasteiger partial charge in [-0.15, -0.1) is 0 Å². The SMILES string of the molecule is O=C(c1c[nH]c2ccccc12)[C@@H](c1ccccc1)N1CCN(C(=O)CN2CCOCC2)CC1. The molecule has 0 radical (unpaired) electrons. The Morgan fingerprint density at radius 1 is 0.879 bits per heavy atom. The first-order chi connectivity index (χ1) is 16.2. The second-order valence-electron chi connectivity index (χ2n) is 8.73. The number of nitrogens with one attached hydrogen (secondary N) is 1. The summed E-state index contributed by atoms with van der Waals surface area (Å²) in [6.45, 7) is 6.04. The van der Waals surface area contributed by atoms with E-state index in [1.807, 2.05) is 65.7 Å². The number of rotatable bonds is 6. The van der Waals surface area contributed by atoms with E-state index in [9.17, 15) is 9.59 Å². The highest BCUT2D eigenvalue weighted by molar-refractivity contribution is 6.10. The number of hydrogen-bond donors (Lipinski definition) is 1. The standard InChI is InChI=1S/C26H30N4O3/c31-24(19-28-14-16-33-17-15-28)29-10-12-30(13-11-29)25(20-6-2-1-3-7-20)26(32)22-18-27-23-9-5-4-8-21(22)23/h1-9,18,25,27H,10-17,19H2/t25-/m1/s1. The summed E-state index contributed by atoms with van der Waals surface area (Å²) in [5.41, 5.74) is 2.66. The molecule has 0 bridgehead atoms. The molecule has 5 rings (SSSR count). The lowest BCUT2D eigenvalue weighted by atomic mass is 9.95. The van der Waals surface area contributed by atoms with Gasteiger partial charge in [0, 0.05) is 61.9 Å². The first-order valence-corrected chi connectivity index (χ1v) is 11.7. The fraction of sp³-hybridized carbons (Fsp3) is 0.385. The lowest BCUT2D eigenvalue weighted by Gasteiger charge is -2.39. The first kappa shape index (κ1) is 21.8. The van der Waals surface area contributed by atoms with E-state index in [1.165, 1.54) is 0 Å². The molecule has 7 nitrogen and oxygen atoms in total. The Labute approximate surface area is 193 Å². The van der Waals surface area contributed by atoms with Gasteiger partial charge in [0.25, 0.3) is 0 Å². The maximum atomic E-state index is 13.8. The number of para-hydroxylation sites is 1. The molecule has 2 aliphatic rings. The number of H-pyrrole nitrogens is 1. The van der Waals surface area contributed by atoms with Gasteiger partial charge in [-0.25, -0.2) is 0 Å². The number of aromatic amines is 1. The molecule has 3 heterocycles. The van der Waals surface area contributed by atoms with Gasteiger partial charge in [-0.1, -0.05) is 48.5 Å². The third kappa shape index (κ3) is 4.71. The quantitative estimate of drug-likeness (QED) is 0.590. The Kier molecular flexibility index (Phi) is 6.53. The van der Waals surface area contributed by atoms with E-state index >= 15 is 0 Å². The third-order valence-electron chi connectivity index (χ3n) is 6.71. The topological polar surface area (TPSA) is 68.9 Å². The molecule has 1 aromatic heterocycles. The van der Waals surface area contributed by atoms with Gasteiger partial charge in [0.2, 0.25) is 5.91 Å². The number of morpholine rings is 1. The van der Waals surface area contributed by atoms with E-state index < -0.39 is 0 Å². The molecule has 2 aromatic carbocycles. The van der Waals surface area contributed by atoms with Gasteiger partial charge in [-0.3, -0.25) is 19.4 Å². The van der Waals surface area contributed by atoms with E-state index in [2.05, 4.69) is 14.8 Å². The number of piperazine rings is 1. The number of ketones is 1. The van der Waals surface area contributed by atoms with Crippen LogP contribution in [0, 0.1) is 0 Å². The van der Waals surface area contributed by atoms with Crippen LogP contribution in [-0.2, 0) is 9.53 Å². The minimum atomic E-state index is -0.373. The summed E-state index contributed by atoms with van der Waals surface area (Å²) in [6.07, 6.45) is 1.82. The zero-order chi connectivity index (χ0) is 22.6. The smallest absolute Gasteiger partial charge is 0.236 e. The second kappa shape index (κ2) is 9.87. The van der Waals surface area contributed by atoms with Gasteiger partial charge in [0.15, 0.2) is 5.78 Å². The molecule has 172 valence electrons. The largest absolute Gasteiger partial charge is 0.379 e. The summed E-state index contributed by atoms with van der Waals surface area (Å²) in [6, 6.07) is 17.5. The lowest BCUT2D eigenvalue weighted by Crippen LogP contribution is -2.53. The molecule has 2 fully saturated rings. The van der Waals surface area contributed by atoms with Crippen molar-refractivity contribution in [2.45, 2.75) is 6.04 Å². The zero-order valence-electron chi connectivity index (χ0n) is 18.8. The fourth-order valence-corrected chi connectivity index (χ4v) is 4.87. The summed E-state index contributed by atoms with van der Waals surface area (Å²) in [7, 11) is 0. The Morgan fingerprint density at radius 3 is 2.33 bits per heavy atom. The van der Waals surface area contributed by atoms with Crippen LogP contribution in [-0.4, -0.2) is 90.4 Å². The molecule has 2 aliphatic heterocycles. The number of ether oxygens (including phenoxy) is 1. The van der Waals surface area contributed by atoms with Gasteiger partial charge in [-0.05, 0) is 11.6 Å². The Balaban J connectivity index is 1.32. The number of carbonyl (C=O) groups excluding carboxylic acids is 2. The Bertz CT molecular complexity index is 1100. The van der Waals surface area contributed by atoms with Crippen LogP contribution >= 0.6 is 0 Å². The minimum absolute atomic E-state index is 0.0896. The number of benzene rings is 2. The zero-order valence-corrected chi connectivity index (χ0v) is 18.8. The van der Waals surface area contributed by atoms with E-state index in [0.717, 1.165) is 29.6 Å². The fourth-order valence-electron chi connectivity index (χ4n) is 4.87. The summed E-state index contributed by atoms with van der Waals surface area (Å²) in [5.74, 6) is 0.252. The van der Waals surface area contributed by atoms with Crippen LogP contribution < -0.4 is 0 Å². The third-order valence-corrected chi connectivity index (χ3v) is 6.71. The minimum Gasteiger partial charge on any atom is -0.379 e. The van der Waals surface area contributed by atoms with Crippen LogP contribution in [0.15, 0.2) is 60.8 Å². The van der Waals surface area contributed by atoms with Crippen molar-refractivity contribution in [1.82, 2.24) is 19.7 Å². The Morgan fingerprint density at radius 2 is 1.58 bits per heavy atom. The van der Waals surface area contributed by atoms with Gasteiger partial charge < -0.3 is 14.6 Å². The molecule has 33 heavy (non-hydrogen) atoms. The summed E-state index contributed by atoms with van der Waals surface area (Å²) < 4.78 is 5.38. The van der Waals surface area contributed by atoms with Gasteiger partial charge in [0.1, 0.15) is 0 Å². The van der Waals surface area contributed by atoms with Crippen LogP contribution in [0.1, 0.15) is 22.0 Å². The number of nitrogens with zero attached hydrogens (tertiary/aromatic N) is 3. The highest BCUT2D eigenvalue weighted by Gasteiger charge is 2.33. The van der Waals surface area contributed by atoms with E-state index in [-0.39, 0.29) is 17.7 Å². The summed E-state index contributed by atoms with van der Waals surface area (Å²) in [4.78, 5) is 36.2. The molecular formula is C26H30N4O3. The number of amides is 1. The predicted molar refractivity (Wildman–Crippen MR) is 127 cm³/mol. The van der Waals surface area contributed by atoms with Gasteiger partial charge >= 0.3 is 0 Å². The number of Topliss-reactive ketones (excluding diaryl/α,β-unsaturated/α-hetero) is 1. The Hall–Kier alpha value is -3.00. The number of aromatic nitrogens is 1. The van der Waals surface area contributed by atoms with E-state index in [4.69, 9.17) is 4.74 Å². The molecule has 3 aromatic rings. The maximum absolute atomic E-state index is 13.8. The molecule has 0 aliphatic carbocycles. The van der Waals surface area contributed by atoms with E-state index in [1.54, 1.807) is 0 Å². The number of carbonyl (C=O) groups is 2. The lowest BCUT2D eigenvalue weighted by molar-refractivity contribution is -0.135. The number of fused-ring (bicyclic) bond motifs is 1. The van der Waals surface area contributed by atoms with Crippen molar-refractivity contribution in [2.24, 2.45) is 0 Å². The molecule has 0 saturated carbocycles. The van der Waals surface area contributed by atoms with Crippen molar-refractivity contribution < 1.29 is 14.3 Å². The molecule has 7 heteroatoms. The first-order valence-electron chi connectivity index (χ1n) is 11.7. The molecular weight excluding hydrogens is 416 g/mol. The average molecular weight is 447 g/mol. The van der Waals surface area contributed by atoms with E-state index in [0.29, 0.717) is 51.5 Å². The molecule has 0 unspecified atom stereocenters. The summed E-state index contributed by atoms with van der Waals surface area (Å²) >= 11 is 0. The second-order valence-corrected chi connectivity index (χ2v) is 8.73. The van der Waals surface area contributed by atoms with Crippen LogP contribution in [0.25, 0.3) is 10.9 Å². The van der Waals surface area contributed by atoms with Gasteiger partial charge in [-0.2, -0.15) is 0 Å². The molecule has 1 atom stereocenters. The summed E-state index contributed by atoms with van der Waals surface area (Å²) in [5, 5.41) is 0.947. The molecule has 1 N–H and O–H groups in total. The molecule has 2 saturated heterocycles. The van der Waals surface area contributed by atoms with Crippen LogP contribution in [0.3, 0.4) is 0 Å². The normalized spacial score (nSPS) is 19.0. The van der Waals surface area contributed by atoms with Crippen molar-refractivity contribution in [1.29, 1.82) is 0 Å². The van der Waals surface area contributed by atoms with Crippen LogP contribution in [0.4, 0.5) is 0 Å². The highest BCUT2D eigenvalue weighted by Crippen LogP contribution is 2.29. The predicted octanol–water partition coefficient (Wildman–Crippen LogP) is 2.57. The van der Waals surface area contributed by atoms with Crippen molar-refractivity contribution in [3.63, 3.8) is 0 Å². The highest BCUT2D eigenvalue weighted by atomic mass is 16.5. The average Bonchev–Trinajstić information content (AvgIpc) is 3.30. The molecule has 1 amide bonds.